The Morgan fingerprint density at radius 1 is 1.20 bits per heavy atom. The molecule has 1 aromatic rings. The van der Waals surface area contributed by atoms with Crippen LogP contribution in [0.3, 0.4) is 0 Å². The van der Waals surface area contributed by atoms with Gasteiger partial charge >= 0.3 is 0 Å². The van der Waals surface area contributed by atoms with Gasteiger partial charge in [-0.3, -0.25) is 0 Å². The van der Waals surface area contributed by atoms with Gasteiger partial charge in [0.25, 0.3) is 0 Å². The summed E-state index contributed by atoms with van der Waals surface area (Å²) in [6.45, 7) is 4.71. The molecular weight excluding hydrogens is 219 g/mol. The molecule has 0 amide bonds. The smallest absolute Gasteiger partial charge is 0.183 e. The summed E-state index contributed by atoms with van der Waals surface area (Å²) >= 11 is 5.74. The fourth-order valence-electron chi connectivity index (χ4n) is 1.25. The van der Waals surface area contributed by atoms with Gasteiger partial charge in [-0.15, -0.1) is 0 Å². The number of hydrogen-bond acceptors (Lipinski definition) is 2. The minimum atomic E-state index is -0.548. The van der Waals surface area contributed by atoms with E-state index in [0.29, 0.717) is 23.8 Å². The van der Waals surface area contributed by atoms with Gasteiger partial charge in [-0.25, -0.2) is 4.39 Å². The van der Waals surface area contributed by atoms with Crippen LogP contribution < -0.4 is 0 Å². The van der Waals surface area contributed by atoms with Gasteiger partial charge in [-0.1, -0.05) is 11.6 Å². The van der Waals surface area contributed by atoms with Crippen molar-refractivity contribution in [2.45, 2.75) is 20.1 Å². The third-order valence-corrected chi connectivity index (χ3v) is 2.01. The first kappa shape index (κ1) is 12.4. The Morgan fingerprint density at radius 3 is 2.27 bits per heavy atom. The Bertz CT molecular complexity index is 291. The minimum Gasteiger partial charge on any atom is -0.349 e. The normalized spacial score (nSPS) is 11.0. The maximum Gasteiger partial charge on any atom is 0.183 e. The van der Waals surface area contributed by atoms with E-state index in [9.17, 15) is 4.39 Å². The summed E-state index contributed by atoms with van der Waals surface area (Å²) < 4.78 is 23.7. The molecule has 0 unspecified atom stereocenters. The second kappa shape index (κ2) is 6.05. The number of benzene rings is 1. The molecule has 1 rings (SSSR count). The molecule has 84 valence electrons. The molecule has 0 N–H and O–H groups in total. The molecule has 0 saturated carbocycles. The van der Waals surface area contributed by atoms with E-state index >= 15 is 0 Å². The topological polar surface area (TPSA) is 18.5 Å². The van der Waals surface area contributed by atoms with Crippen LogP contribution in [0.4, 0.5) is 4.39 Å². The summed E-state index contributed by atoms with van der Waals surface area (Å²) in [5.74, 6) is -0.387. The quantitative estimate of drug-likeness (QED) is 0.723. The van der Waals surface area contributed by atoms with Crippen LogP contribution in [0.1, 0.15) is 25.7 Å². The van der Waals surface area contributed by atoms with Crippen LogP contribution >= 0.6 is 11.6 Å². The van der Waals surface area contributed by atoms with Gasteiger partial charge < -0.3 is 9.47 Å². The molecule has 4 heteroatoms. The van der Waals surface area contributed by atoms with Crippen LogP contribution in [0, 0.1) is 5.82 Å². The van der Waals surface area contributed by atoms with Gasteiger partial charge in [0.1, 0.15) is 5.82 Å². The zero-order chi connectivity index (χ0) is 11.3. The Balaban J connectivity index is 2.88. The molecule has 0 atom stereocenters. The van der Waals surface area contributed by atoms with Gasteiger partial charge in [0.05, 0.1) is 0 Å². The Hall–Kier alpha value is -0.640. The average molecular weight is 233 g/mol. The molecule has 0 spiro atoms. The maximum atomic E-state index is 13.1. The molecule has 0 bridgehead atoms. The van der Waals surface area contributed by atoms with E-state index in [2.05, 4.69) is 0 Å². The molecule has 0 aliphatic rings. The lowest BCUT2D eigenvalue weighted by molar-refractivity contribution is -0.140. The molecule has 0 aromatic heterocycles. The predicted octanol–water partition coefficient (Wildman–Crippen LogP) is 3.55. The third-order valence-electron chi connectivity index (χ3n) is 1.79. The van der Waals surface area contributed by atoms with E-state index < -0.39 is 6.29 Å². The van der Waals surface area contributed by atoms with Crippen molar-refractivity contribution in [3.63, 3.8) is 0 Å². The SMILES string of the molecule is CCOC(OCC)c1cc(F)cc(Cl)c1. The Kier molecular flexibility index (Phi) is 5.02. The molecule has 1 aromatic carbocycles. The highest BCUT2D eigenvalue weighted by atomic mass is 35.5. The highest BCUT2D eigenvalue weighted by Gasteiger charge is 2.12. The fourth-order valence-corrected chi connectivity index (χ4v) is 1.48. The van der Waals surface area contributed by atoms with Gasteiger partial charge in [0.2, 0.25) is 0 Å². The standard InChI is InChI=1S/C11H14ClFO2/c1-3-14-11(15-4-2)8-5-9(12)7-10(13)6-8/h5-7,11H,3-4H2,1-2H3. The minimum absolute atomic E-state index is 0.342. The van der Waals surface area contributed by atoms with Crippen molar-refractivity contribution in [2.75, 3.05) is 13.2 Å². The molecule has 0 aliphatic carbocycles. The average Bonchev–Trinajstić information content (AvgIpc) is 2.16. The second-order valence-corrected chi connectivity index (χ2v) is 3.38. The first-order chi connectivity index (χ1) is 7.17. The van der Waals surface area contributed by atoms with E-state index in [-0.39, 0.29) is 5.82 Å². The monoisotopic (exact) mass is 232 g/mol. The van der Waals surface area contributed by atoms with Crippen LogP contribution in [-0.2, 0) is 9.47 Å². The van der Waals surface area contributed by atoms with Crippen molar-refractivity contribution in [3.8, 4) is 0 Å². The molecule has 0 aliphatic heterocycles. The largest absolute Gasteiger partial charge is 0.349 e. The van der Waals surface area contributed by atoms with E-state index in [1.165, 1.54) is 12.1 Å². The number of rotatable bonds is 5. The first-order valence-corrected chi connectivity index (χ1v) is 5.24. The van der Waals surface area contributed by atoms with E-state index in [1.807, 2.05) is 13.8 Å². The molecule has 15 heavy (non-hydrogen) atoms. The van der Waals surface area contributed by atoms with E-state index in [0.717, 1.165) is 0 Å². The van der Waals surface area contributed by atoms with Crippen LogP contribution in [0.2, 0.25) is 5.02 Å². The van der Waals surface area contributed by atoms with Crippen molar-refractivity contribution in [1.29, 1.82) is 0 Å². The molecule has 0 heterocycles. The van der Waals surface area contributed by atoms with Gasteiger partial charge in [-0.05, 0) is 32.0 Å². The van der Waals surface area contributed by atoms with E-state index in [4.69, 9.17) is 21.1 Å². The number of ether oxygens (including phenoxy) is 2. The summed E-state index contributed by atoms with van der Waals surface area (Å²) in [6.07, 6.45) is -0.548. The van der Waals surface area contributed by atoms with Crippen molar-refractivity contribution < 1.29 is 13.9 Å². The first-order valence-electron chi connectivity index (χ1n) is 4.86. The van der Waals surface area contributed by atoms with Gasteiger partial charge in [0.15, 0.2) is 6.29 Å². The third kappa shape index (κ3) is 3.78. The predicted molar refractivity (Wildman–Crippen MR) is 57.4 cm³/mol. The molecule has 2 nitrogen and oxygen atoms in total. The molecular formula is C11H14ClFO2. The lowest BCUT2D eigenvalue weighted by Gasteiger charge is -2.17. The van der Waals surface area contributed by atoms with Gasteiger partial charge in [-0.2, -0.15) is 0 Å². The second-order valence-electron chi connectivity index (χ2n) is 2.95. The van der Waals surface area contributed by atoms with Crippen LogP contribution in [-0.4, -0.2) is 13.2 Å². The molecule has 0 radical (unpaired) electrons. The highest BCUT2D eigenvalue weighted by Crippen LogP contribution is 2.23. The number of halogens is 2. The molecule has 0 saturated heterocycles. The van der Waals surface area contributed by atoms with Gasteiger partial charge in [0, 0.05) is 23.8 Å². The zero-order valence-electron chi connectivity index (χ0n) is 8.80. The van der Waals surface area contributed by atoms with E-state index in [1.54, 1.807) is 6.07 Å². The Labute approximate surface area is 94.0 Å². The lowest BCUT2D eigenvalue weighted by atomic mass is 10.2. The van der Waals surface area contributed by atoms with Crippen molar-refractivity contribution in [2.24, 2.45) is 0 Å². The molecule has 0 fully saturated rings. The summed E-state index contributed by atoms with van der Waals surface area (Å²) in [5, 5.41) is 0.342. The summed E-state index contributed by atoms with van der Waals surface area (Å²) in [4.78, 5) is 0. The summed E-state index contributed by atoms with van der Waals surface area (Å²) in [6, 6.07) is 4.25. The summed E-state index contributed by atoms with van der Waals surface area (Å²) in [7, 11) is 0. The van der Waals surface area contributed by atoms with Crippen molar-refractivity contribution in [1.82, 2.24) is 0 Å². The number of hydrogen-bond donors (Lipinski definition) is 0. The Morgan fingerprint density at radius 2 is 1.80 bits per heavy atom. The lowest BCUT2D eigenvalue weighted by Crippen LogP contribution is -2.09. The fraction of sp³-hybridized carbons (Fsp3) is 0.455. The van der Waals surface area contributed by atoms with Crippen molar-refractivity contribution >= 4 is 11.6 Å². The summed E-state index contributed by atoms with van der Waals surface area (Å²) in [5.41, 5.74) is 0.601. The maximum absolute atomic E-state index is 13.1. The van der Waals surface area contributed by atoms with Crippen LogP contribution in [0.25, 0.3) is 0 Å². The highest BCUT2D eigenvalue weighted by molar-refractivity contribution is 6.30. The van der Waals surface area contributed by atoms with Crippen LogP contribution in [0.5, 0.6) is 0 Å². The zero-order valence-corrected chi connectivity index (χ0v) is 9.55. The van der Waals surface area contributed by atoms with Crippen LogP contribution in [0.15, 0.2) is 18.2 Å². The van der Waals surface area contributed by atoms with Crippen molar-refractivity contribution in [3.05, 3.63) is 34.6 Å².